The van der Waals surface area contributed by atoms with Gasteiger partial charge in [0.05, 0.1) is 20.3 Å². The molecule has 0 spiro atoms. The lowest BCUT2D eigenvalue weighted by Gasteiger charge is -2.38. The highest BCUT2D eigenvalue weighted by Crippen LogP contribution is 2.25. The molecule has 0 bridgehead atoms. The Hall–Kier alpha value is -1.46. The highest BCUT2D eigenvalue weighted by Gasteiger charge is 2.33. The van der Waals surface area contributed by atoms with Gasteiger partial charge in [-0.3, -0.25) is 4.99 Å². The van der Waals surface area contributed by atoms with Crippen molar-refractivity contribution < 1.29 is 9.47 Å². The van der Waals surface area contributed by atoms with Crippen molar-refractivity contribution in [1.29, 1.82) is 0 Å². The summed E-state index contributed by atoms with van der Waals surface area (Å²) in [5.74, 6) is 1.58. The number of ether oxygens (including phenoxy) is 2. The third-order valence-corrected chi connectivity index (χ3v) is 4.11. The largest absolute Gasteiger partial charge is 0.497 e. The normalized spacial score (nSPS) is 16.8. The van der Waals surface area contributed by atoms with Crippen LogP contribution in [0.4, 0.5) is 0 Å². The van der Waals surface area contributed by atoms with E-state index in [0.29, 0.717) is 0 Å². The minimum Gasteiger partial charge on any atom is -0.497 e. The van der Waals surface area contributed by atoms with Crippen molar-refractivity contribution in [2.45, 2.75) is 13.3 Å². The van der Waals surface area contributed by atoms with Gasteiger partial charge in [0, 0.05) is 30.6 Å². The molecule has 2 rings (SSSR count). The molecule has 2 N–H and O–H groups in total. The van der Waals surface area contributed by atoms with Gasteiger partial charge >= 0.3 is 0 Å². The predicted molar refractivity (Wildman–Crippen MR) is 90.0 cm³/mol. The fourth-order valence-corrected chi connectivity index (χ4v) is 2.51. The molecule has 0 amide bonds. The van der Waals surface area contributed by atoms with Crippen LogP contribution in [0.25, 0.3) is 0 Å². The van der Waals surface area contributed by atoms with Crippen LogP contribution in [-0.2, 0) is 11.2 Å². The van der Waals surface area contributed by atoms with Crippen LogP contribution in [-0.4, -0.2) is 46.4 Å². The summed E-state index contributed by atoms with van der Waals surface area (Å²) in [6, 6.07) is 5.75. The maximum Gasteiger partial charge on any atom is 0.191 e. The molecule has 1 aliphatic heterocycles. The van der Waals surface area contributed by atoms with Crippen LogP contribution in [0.15, 0.2) is 23.2 Å². The maximum absolute atomic E-state index is 6.24. The first-order valence-electron chi connectivity index (χ1n) is 7.41. The average molecular weight is 326 g/mol. The number of nitrogens with one attached hydrogen (secondary N) is 2. The van der Waals surface area contributed by atoms with Gasteiger partial charge in [-0.1, -0.05) is 24.6 Å². The van der Waals surface area contributed by atoms with Gasteiger partial charge in [-0.05, 0) is 24.1 Å². The van der Waals surface area contributed by atoms with Crippen molar-refractivity contribution in [2.24, 2.45) is 10.4 Å². The van der Waals surface area contributed by atoms with E-state index in [9.17, 15) is 0 Å². The summed E-state index contributed by atoms with van der Waals surface area (Å²) in [7, 11) is 3.41. The lowest BCUT2D eigenvalue weighted by atomic mass is 9.89. The van der Waals surface area contributed by atoms with E-state index in [0.717, 1.165) is 55.0 Å². The molecule has 1 heterocycles. The first-order chi connectivity index (χ1) is 10.6. The van der Waals surface area contributed by atoms with E-state index in [1.54, 1.807) is 14.2 Å². The van der Waals surface area contributed by atoms with Crippen LogP contribution in [0.5, 0.6) is 5.75 Å². The number of nitrogens with zero attached hydrogens (tertiary/aromatic N) is 1. The number of hydrogen-bond acceptors (Lipinski definition) is 3. The monoisotopic (exact) mass is 325 g/mol. The molecular weight excluding hydrogens is 302 g/mol. The first kappa shape index (κ1) is 16.9. The Morgan fingerprint density at radius 1 is 1.41 bits per heavy atom. The Labute approximate surface area is 137 Å². The van der Waals surface area contributed by atoms with Crippen molar-refractivity contribution >= 4 is 17.6 Å². The quantitative estimate of drug-likeness (QED) is 0.621. The second-order valence-electron chi connectivity index (χ2n) is 5.86. The fourth-order valence-electron chi connectivity index (χ4n) is 2.24. The van der Waals surface area contributed by atoms with Crippen molar-refractivity contribution in [3.05, 3.63) is 28.8 Å². The van der Waals surface area contributed by atoms with Crippen LogP contribution in [0.1, 0.15) is 12.5 Å². The smallest absolute Gasteiger partial charge is 0.191 e. The highest BCUT2D eigenvalue weighted by molar-refractivity contribution is 6.31. The number of guanidine groups is 1. The Kier molecular flexibility index (Phi) is 5.91. The molecule has 22 heavy (non-hydrogen) atoms. The zero-order valence-electron chi connectivity index (χ0n) is 13.4. The standard InChI is InChI=1S/C16H24ClN3O2/c1-16(10-22-11-16)9-20-15(18-2)19-7-6-12-4-5-13(21-3)8-14(12)17/h4-5,8H,6-7,9-11H2,1-3H3,(H2,18,19,20). The zero-order chi connectivity index (χ0) is 16.0. The van der Waals surface area contributed by atoms with E-state index in [-0.39, 0.29) is 5.41 Å². The van der Waals surface area contributed by atoms with Crippen LogP contribution in [0, 0.1) is 5.41 Å². The number of hydrogen-bond donors (Lipinski definition) is 2. The van der Waals surface area contributed by atoms with Crippen LogP contribution in [0.2, 0.25) is 5.02 Å². The number of halogens is 1. The summed E-state index contributed by atoms with van der Waals surface area (Å²) in [6.07, 6.45) is 0.823. The summed E-state index contributed by atoms with van der Waals surface area (Å²) in [5, 5.41) is 7.36. The van der Waals surface area contributed by atoms with Gasteiger partial charge < -0.3 is 20.1 Å². The van der Waals surface area contributed by atoms with Gasteiger partial charge in [0.25, 0.3) is 0 Å². The van der Waals surface area contributed by atoms with Gasteiger partial charge in [-0.15, -0.1) is 0 Å². The van der Waals surface area contributed by atoms with Gasteiger partial charge in [-0.25, -0.2) is 0 Å². The third kappa shape index (κ3) is 4.52. The molecule has 0 saturated carbocycles. The van der Waals surface area contributed by atoms with Crippen molar-refractivity contribution in [3.8, 4) is 5.75 Å². The summed E-state index contributed by atoms with van der Waals surface area (Å²) in [5.41, 5.74) is 1.31. The Bertz CT molecular complexity index is 530. The SMILES string of the molecule is CN=C(NCCc1ccc(OC)cc1Cl)NCC1(C)COC1. The predicted octanol–water partition coefficient (Wildman–Crippen LogP) is 2.09. The molecule has 122 valence electrons. The summed E-state index contributed by atoms with van der Waals surface area (Å²) >= 11 is 6.24. The molecule has 1 aromatic rings. The number of methoxy groups -OCH3 is 1. The molecular formula is C16H24ClN3O2. The van der Waals surface area contributed by atoms with E-state index in [4.69, 9.17) is 21.1 Å². The van der Waals surface area contributed by atoms with E-state index < -0.39 is 0 Å². The summed E-state index contributed by atoms with van der Waals surface area (Å²) < 4.78 is 10.4. The molecule has 1 aliphatic rings. The number of benzene rings is 1. The Morgan fingerprint density at radius 3 is 2.73 bits per heavy atom. The zero-order valence-corrected chi connectivity index (χ0v) is 14.2. The number of rotatable bonds is 6. The highest BCUT2D eigenvalue weighted by atomic mass is 35.5. The molecule has 5 nitrogen and oxygen atoms in total. The van der Waals surface area contributed by atoms with E-state index >= 15 is 0 Å². The molecule has 0 aliphatic carbocycles. The minimum absolute atomic E-state index is 0.219. The van der Waals surface area contributed by atoms with Gasteiger partial charge in [0.15, 0.2) is 5.96 Å². The van der Waals surface area contributed by atoms with Gasteiger partial charge in [-0.2, -0.15) is 0 Å². The van der Waals surface area contributed by atoms with Gasteiger partial charge in [0.1, 0.15) is 5.75 Å². The van der Waals surface area contributed by atoms with Crippen LogP contribution >= 0.6 is 11.6 Å². The van der Waals surface area contributed by atoms with Crippen LogP contribution < -0.4 is 15.4 Å². The van der Waals surface area contributed by atoms with E-state index in [1.807, 2.05) is 18.2 Å². The lowest BCUT2D eigenvalue weighted by molar-refractivity contribution is -0.0971. The Balaban J connectivity index is 1.76. The summed E-state index contributed by atoms with van der Waals surface area (Å²) in [6.45, 7) is 5.43. The van der Waals surface area contributed by atoms with Crippen LogP contribution in [0.3, 0.4) is 0 Å². The molecule has 0 radical (unpaired) electrons. The number of aliphatic imine (C=N–C) groups is 1. The van der Waals surface area contributed by atoms with E-state index in [2.05, 4.69) is 22.5 Å². The molecule has 0 aromatic heterocycles. The van der Waals surface area contributed by atoms with E-state index in [1.165, 1.54) is 0 Å². The second kappa shape index (κ2) is 7.70. The van der Waals surface area contributed by atoms with Crippen molar-refractivity contribution in [2.75, 3.05) is 40.5 Å². The molecule has 1 aromatic carbocycles. The molecule has 1 fully saturated rings. The average Bonchev–Trinajstić information content (AvgIpc) is 2.50. The van der Waals surface area contributed by atoms with Gasteiger partial charge in [0.2, 0.25) is 0 Å². The van der Waals surface area contributed by atoms with Crippen molar-refractivity contribution in [1.82, 2.24) is 10.6 Å². The fraction of sp³-hybridized carbons (Fsp3) is 0.562. The maximum atomic E-state index is 6.24. The lowest BCUT2D eigenvalue weighted by Crippen LogP contribution is -2.51. The van der Waals surface area contributed by atoms with Crippen molar-refractivity contribution in [3.63, 3.8) is 0 Å². The third-order valence-electron chi connectivity index (χ3n) is 3.75. The summed E-state index contributed by atoms with van der Waals surface area (Å²) in [4.78, 5) is 4.23. The molecule has 0 unspecified atom stereocenters. The topological polar surface area (TPSA) is 54.9 Å². The minimum atomic E-state index is 0.219. The molecule has 1 saturated heterocycles. The molecule has 6 heteroatoms. The molecule has 0 atom stereocenters. The second-order valence-corrected chi connectivity index (χ2v) is 6.27. The Morgan fingerprint density at radius 2 is 2.18 bits per heavy atom. The first-order valence-corrected chi connectivity index (χ1v) is 7.79.